The highest BCUT2D eigenvalue weighted by atomic mass is 16.1. The van der Waals surface area contributed by atoms with Crippen LogP contribution in [0.2, 0.25) is 0 Å². The Morgan fingerprint density at radius 3 is 2.43 bits per heavy atom. The smallest absolute Gasteiger partial charge is 0.248 e. The van der Waals surface area contributed by atoms with E-state index >= 15 is 0 Å². The lowest BCUT2D eigenvalue weighted by Gasteiger charge is -2.27. The molecule has 1 saturated carbocycles. The Labute approximate surface area is 128 Å². The van der Waals surface area contributed by atoms with Crippen LogP contribution < -0.4 is 10.2 Å². The van der Waals surface area contributed by atoms with Gasteiger partial charge in [0.2, 0.25) is 5.91 Å². The summed E-state index contributed by atoms with van der Waals surface area (Å²) in [6.07, 6.45) is 4.19. The van der Waals surface area contributed by atoms with Crippen LogP contribution in [0, 0.1) is 5.92 Å². The molecule has 3 heteroatoms. The summed E-state index contributed by atoms with van der Waals surface area (Å²) in [6.45, 7) is 9.55. The van der Waals surface area contributed by atoms with Crippen LogP contribution in [0.25, 0.3) is 0 Å². The number of anilines is 2. The maximum absolute atomic E-state index is 11.9. The number of carbonyl (C=O) groups is 1. The van der Waals surface area contributed by atoms with Gasteiger partial charge in [-0.05, 0) is 70.7 Å². The van der Waals surface area contributed by atoms with Crippen molar-refractivity contribution in [3.8, 4) is 0 Å². The van der Waals surface area contributed by atoms with Crippen molar-refractivity contribution >= 4 is 17.3 Å². The lowest BCUT2D eigenvalue weighted by molar-refractivity contribution is -0.112. The van der Waals surface area contributed by atoms with Crippen molar-refractivity contribution in [2.75, 3.05) is 16.8 Å². The van der Waals surface area contributed by atoms with Gasteiger partial charge in [-0.3, -0.25) is 4.79 Å². The third kappa shape index (κ3) is 4.35. The van der Waals surface area contributed by atoms with Crippen LogP contribution in [0.15, 0.2) is 35.9 Å². The molecule has 21 heavy (non-hydrogen) atoms. The molecule has 0 spiro atoms. The van der Waals surface area contributed by atoms with Crippen molar-refractivity contribution in [2.24, 2.45) is 5.92 Å². The number of benzene rings is 1. The Morgan fingerprint density at radius 2 is 1.95 bits per heavy atom. The van der Waals surface area contributed by atoms with Crippen molar-refractivity contribution < 1.29 is 4.79 Å². The van der Waals surface area contributed by atoms with E-state index in [2.05, 4.69) is 43.1 Å². The fourth-order valence-corrected chi connectivity index (χ4v) is 2.62. The molecule has 0 aliphatic heterocycles. The molecule has 1 amide bonds. The fourth-order valence-electron chi connectivity index (χ4n) is 2.62. The minimum absolute atomic E-state index is 0.0247. The summed E-state index contributed by atoms with van der Waals surface area (Å²) in [7, 11) is 0. The summed E-state index contributed by atoms with van der Waals surface area (Å²) in [4.78, 5) is 14.3. The van der Waals surface area contributed by atoms with Gasteiger partial charge in [0.25, 0.3) is 0 Å². The molecule has 0 heterocycles. The highest BCUT2D eigenvalue weighted by molar-refractivity contribution is 5.99. The quantitative estimate of drug-likeness (QED) is 0.794. The Kier molecular flexibility index (Phi) is 5.05. The average Bonchev–Trinajstić information content (AvgIpc) is 3.25. The van der Waals surface area contributed by atoms with E-state index in [1.165, 1.54) is 24.1 Å². The third-order valence-electron chi connectivity index (χ3n) is 4.01. The Bertz CT molecular complexity index is 513. The van der Waals surface area contributed by atoms with Crippen LogP contribution in [0.5, 0.6) is 0 Å². The van der Waals surface area contributed by atoms with Gasteiger partial charge in [0.15, 0.2) is 0 Å². The molecule has 0 bridgehead atoms. The molecular weight excluding hydrogens is 260 g/mol. The number of rotatable bonds is 6. The van der Waals surface area contributed by atoms with Gasteiger partial charge in [-0.2, -0.15) is 0 Å². The Morgan fingerprint density at radius 1 is 1.33 bits per heavy atom. The predicted molar refractivity (Wildman–Crippen MR) is 89.7 cm³/mol. The summed E-state index contributed by atoms with van der Waals surface area (Å²) >= 11 is 0. The second-order valence-corrected chi connectivity index (χ2v) is 6.08. The van der Waals surface area contributed by atoms with Crippen molar-refractivity contribution in [1.82, 2.24) is 0 Å². The molecule has 1 aromatic rings. The first kappa shape index (κ1) is 15.6. The molecular formula is C18H26N2O. The number of allylic oxidation sites excluding steroid dienone is 1. The van der Waals surface area contributed by atoms with E-state index in [4.69, 9.17) is 0 Å². The zero-order chi connectivity index (χ0) is 15.4. The SMILES string of the molecule is CCN(c1ccc(NC(=O)C=C(C)C2CC2)cc1)C(C)C. The number of carbonyl (C=O) groups excluding carboxylic acids is 1. The van der Waals surface area contributed by atoms with Gasteiger partial charge >= 0.3 is 0 Å². The van der Waals surface area contributed by atoms with Crippen LogP contribution >= 0.6 is 0 Å². The van der Waals surface area contributed by atoms with Gasteiger partial charge in [0.05, 0.1) is 0 Å². The summed E-state index contributed by atoms with van der Waals surface area (Å²) in [6, 6.07) is 8.55. The van der Waals surface area contributed by atoms with E-state index in [1.54, 1.807) is 6.08 Å². The van der Waals surface area contributed by atoms with Crippen molar-refractivity contribution in [3.05, 3.63) is 35.9 Å². The molecule has 1 aliphatic rings. The van der Waals surface area contributed by atoms with Crippen LogP contribution in [-0.2, 0) is 4.79 Å². The van der Waals surface area contributed by atoms with Crippen LogP contribution in [0.4, 0.5) is 11.4 Å². The van der Waals surface area contributed by atoms with Gasteiger partial charge in [0, 0.05) is 30.0 Å². The summed E-state index contributed by atoms with van der Waals surface area (Å²) in [5, 5.41) is 2.94. The van der Waals surface area contributed by atoms with Gasteiger partial charge in [0.1, 0.15) is 0 Å². The molecule has 1 aliphatic carbocycles. The first-order valence-electron chi connectivity index (χ1n) is 7.87. The third-order valence-corrected chi connectivity index (χ3v) is 4.01. The summed E-state index contributed by atoms with van der Waals surface area (Å²) in [5.74, 6) is 0.616. The second kappa shape index (κ2) is 6.79. The number of nitrogens with one attached hydrogen (secondary N) is 1. The highest BCUT2D eigenvalue weighted by Crippen LogP contribution is 2.35. The van der Waals surface area contributed by atoms with E-state index in [1.807, 2.05) is 19.1 Å². The summed E-state index contributed by atoms with van der Waals surface area (Å²) < 4.78 is 0. The Balaban J connectivity index is 1.98. The van der Waals surface area contributed by atoms with E-state index in [0.717, 1.165) is 12.2 Å². The topological polar surface area (TPSA) is 32.3 Å². The summed E-state index contributed by atoms with van der Waals surface area (Å²) in [5.41, 5.74) is 3.24. The molecule has 2 rings (SSSR count). The maximum atomic E-state index is 11.9. The molecule has 0 saturated heterocycles. The first-order chi connectivity index (χ1) is 10.0. The number of hydrogen-bond acceptors (Lipinski definition) is 2. The van der Waals surface area contributed by atoms with Crippen molar-refractivity contribution in [1.29, 1.82) is 0 Å². The lowest BCUT2D eigenvalue weighted by Crippen LogP contribution is -2.30. The largest absolute Gasteiger partial charge is 0.369 e. The van der Waals surface area contributed by atoms with Gasteiger partial charge in [-0.1, -0.05) is 5.57 Å². The number of hydrogen-bond donors (Lipinski definition) is 1. The second-order valence-electron chi connectivity index (χ2n) is 6.08. The Hall–Kier alpha value is -1.77. The molecule has 0 radical (unpaired) electrons. The fraction of sp³-hybridized carbons (Fsp3) is 0.500. The zero-order valence-electron chi connectivity index (χ0n) is 13.5. The van der Waals surface area contributed by atoms with E-state index in [0.29, 0.717) is 12.0 Å². The van der Waals surface area contributed by atoms with Crippen LogP contribution in [-0.4, -0.2) is 18.5 Å². The molecule has 1 fully saturated rings. The maximum Gasteiger partial charge on any atom is 0.248 e. The molecule has 3 nitrogen and oxygen atoms in total. The highest BCUT2D eigenvalue weighted by Gasteiger charge is 2.23. The minimum Gasteiger partial charge on any atom is -0.369 e. The normalized spacial score (nSPS) is 15.2. The minimum atomic E-state index is -0.0247. The van der Waals surface area contributed by atoms with Gasteiger partial charge < -0.3 is 10.2 Å². The molecule has 1 N–H and O–H groups in total. The predicted octanol–water partition coefficient (Wildman–Crippen LogP) is 4.22. The first-order valence-corrected chi connectivity index (χ1v) is 7.87. The standard InChI is InChI=1S/C18H26N2O/c1-5-20(13(2)3)17-10-8-16(9-11-17)19-18(21)12-14(4)15-6-7-15/h8-13,15H,5-7H2,1-4H3,(H,19,21). The van der Waals surface area contributed by atoms with E-state index in [-0.39, 0.29) is 5.91 Å². The van der Waals surface area contributed by atoms with Crippen LogP contribution in [0.1, 0.15) is 40.5 Å². The monoisotopic (exact) mass is 286 g/mol. The van der Waals surface area contributed by atoms with Gasteiger partial charge in [-0.25, -0.2) is 0 Å². The number of amides is 1. The van der Waals surface area contributed by atoms with Gasteiger partial charge in [-0.15, -0.1) is 0 Å². The van der Waals surface area contributed by atoms with Crippen molar-refractivity contribution in [2.45, 2.75) is 46.6 Å². The molecule has 1 aromatic carbocycles. The molecule has 0 atom stereocenters. The van der Waals surface area contributed by atoms with E-state index in [9.17, 15) is 4.79 Å². The number of nitrogens with zero attached hydrogens (tertiary/aromatic N) is 1. The molecule has 0 aromatic heterocycles. The van der Waals surface area contributed by atoms with Crippen LogP contribution in [0.3, 0.4) is 0 Å². The molecule has 0 unspecified atom stereocenters. The van der Waals surface area contributed by atoms with Crippen molar-refractivity contribution in [3.63, 3.8) is 0 Å². The average molecular weight is 286 g/mol. The van der Waals surface area contributed by atoms with E-state index < -0.39 is 0 Å². The lowest BCUT2D eigenvalue weighted by atomic mass is 10.2. The molecule has 114 valence electrons. The zero-order valence-corrected chi connectivity index (χ0v) is 13.5.